The summed E-state index contributed by atoms with van der Waals surface area (Å²) in [5.74, 6) is 0. The SMILES string of the molecule is Cc1c(-c2ccc(C(F)(F)F)cc2)nn(C)c1C. The van der Waals surface area contributed by atoms with Gasteiger partial charge in [0.15, 0.2) is 0 Å². The fourth-order valence-corrected chi connectivity index (χ4v) is 1.81. The van der Waals surface area contributed by atoms with Crippen molar-refractivity contribution in [3.8, 4) is 11.3 Å². The summed E-state index contributed by atoms with van der Waals surface area (Å²) >= 11 is 0. The lowest BCUT2D eigenvalue weighted by atomic mass is 10.1. The fourth-order valence-electron chi connectivity index (χ4n) is 1.81. The highest BCUT2D eigenvalue weighted by molar-refractivity contribution is 5.64. The van der Waals surface area contributed by atoms with Crippen LogP contribution in [0.3, 0.4) is 0 Å². The zero-order valence-corrected chi connectivity index (χ0v) is 10.3. The number of hydrogen-bond donors (Lipinski definition) is 0. The van der Waals surface area contributed by atoms with E-state index in [1.54, 1.807) is 4.68 Å². The van der Waals surface area contributed by atoms with E-state index in [1.807, 2.05) is 20.9 Å². The predicted molar refractivity (Wildman–Crippen MR) is 63.1 cm³/mol. The van der Waals surface area contributed by atoms with Gasteiger partial charge in [0, 0.05) is 18.3 Å². The van der Waals surface area contributed by atoms with Crippen molar-refractivity contribution in [3.05, 3.63) is 41.1 Å². The van der Waals surface area contributed by atoms with Crippen LogP contribution in [0.2, 0.25) is 0 Å². The van der Waals surface area contributed by atoms with Gasteiger partial charge in [-0.25, -0.2) is 0 Å². The first kappa shape index (κ1) is 12.7. The molecule has 5 heteroatoms. The zero-order valence-electron chi connectivity index (χ0n) is 10.3. The van der Waals surface area contributed by atoms with Gasteiger partial charge in [0.05, 0.1) is 11.3 Å². The molecule has 0 radical (unpaired) electrons. The molecule has 0 aliphatic carbocycles. The van der Waals surface area contributed by atoms with E-state index in [2.05, 4.69) is 5.10 Å². The van der Waals surface area contributed by atoms with Crippen LogP contribution in [0, 0.1) is 13.8 Å². The maximum Gasteiger partial charge on any atom is 0.416 e. The number of nitrogens with zero attached hydrogens (tertiary/aromatic N) is 2. The van der Waals surface area contributed by atoms with Crippen molar-refractivity contribution in [2.24, 2.45) is 7.05 Å². The highest BCUT2D eigenvalue weighted by Gasteiger charge is 2.30. The van der Waals surface area contributed by atoms with Gasteiger partial charge in [-0.1, -0.05) is 12.1 Å². The molecule has 1 heterocycles. The Morgan fingerprint density at radius 1 is 1.06 bits per heavy atom. The predicted octanol–water partition coefficient (Wildman–Crippen LogP) is 3.72. The van der Waals surface area contributed by atoms with Crippen molar-refractivity contribution < 1.29 is 13.2 Å². The highest BCUT2D eigenvalue weighted by atomic mass is 19.4. The average Bonchev–Trinajstić information content (AvgIpc) is 2.56. The van der Waals surface area contributed by atoms with Crippen LogP contribution in [0.25, 0.3) is 11.3 Å². The second kappa shape index (κ2) is 4.15. The summed E-state index contributed by atoms with van der Waals surface area (Å²) in [5, 5.41) is 4.31. The molecule has 18 heavy (non-hydrogen) atoms. The Balaban J connectivity index is 2.44. The molecular weight excluding hydrogens is 241 g/mol. The second-order valence-electron chi connectivity index (χ2n) is 4.26. The van der Waals surface area contributed by atoms with Crippen LogP contribution in [0.5, 0.6) is 0 Å². The summed E-state index contributed by atoms with van der Waals surface area (Å²) in [7, 11) is 1.82. The fraction of sp³-hybridized carbons (Fsp3) is 0.308. The molecule has 2 nitrogen and oxygen atoms in total. The Morgan fingerprint density at radius 3 is 2.00 bits per heavy atom. The third kappa shape index (κ3) is 2.12. The monoisotopic (exact) mass is 254 g/mol. The highest BCUT2D eigenvalue weighted by Crippen LogP contribution is 2.31. The summed E-state index contributed by atoms with van der Waals surface area (Å²) < 4.78 is 39.1. The first-order chi connectivity index (χ1) is 8.30. The number of alkyl halides is 3. The van der Waals surface area contributed by atoms with Gasteiger partial charge in [-0.05, 0) is 31.5 Å². The number of hydrogen-bond acceptors (Lipinski definition) is 1. The normalized spacial score (nSPS) is 11.9. The maximum absolute atomic E-state index is 12.4. The van der Waals surface area contributed by atoms with Gasteiger partial charge in [-0.2, -0.15) is 18.3 Å². The first-order valence-electron chi connectivity index (χ1n) is 5.48. The van der Waals surface area contributed by atoms with Crippen LogP contribution in [-0.4, -0.2) is 9.78 Å². The summed E-state index contributed by atoms with van der Waals surface area (Å²) in [6, 6.07) is 5.08. The van der Waals surface area contributed by atoms with Crippen LogP contribution in [0.4, 0.5) is 13.2 Å². The van der Waals surface area contributed by atoms with E-state index < -0.39 is 11.7 Å². The lowest BCUT2D eigenvalue weighted by Crippen LogP contribution is -2.04. The Labute approximate surface area is 103 Å². The number of rotatable bonds is 1. The van der Waals surface area contributed by atoms with Gasteiger partial charge in [0.1, 0.15) is 0 Å². The number of halogens is 3. The van der Waals surface area contributed by atoms with Crippen molar-refractivity contribution >= 4 is 0 Å². The van der Waals surface area contributed by atoms with E-state index >= 15 is 0 Å². The van der Waals surface area contributed by atoms with E-state index in [0.717, 1.165) is 29.1 Å². The largest absolute Gasteiger partial charge is 0.416 e. The Hall–Kier alpha value is -1.78. The van der Waals surface area contributed by atoms with E-state index in [0.29, 0.717) is 5.56 Å². The molecule has 1 aromatic heterocycles. The molecular formula is C13H13F3N2. The minimum atomic E-state index is -4.30. The van der Waals surface area contributed by atoms with Crippen molar-refractivity contribution in [2.75, 3.05) is 0 Å². The molecule has 0 saturated carbocycles. The third-order valence-corrected chi connectivity index (χ3v) is 3.12. The van der Waals surface area contributed by atoms with Gasteiger partial charge in [-0.3, -0.25) is 4.68 Å². The van der Waals surface area contributed by atoms with Gasteiger partial charge >= 0.3 is 6.18 Å². The molecule has 0 aliphatic heterocycles. The summed E-state index contributed by atoms with van der Waals surface area (Å²) in [5.41, 5.74) is 2.77. The number of aryl methyl sites for hydroxylation is 1. The average molecular weight is 254 g/mol. The molecule has 0 N–H and O–H groups in total. The Morgan fingerprint density at radius 2 is 1.61 bits per heavy atom. The minimum absolute atomic E-state index is 0.642. The van der Waals surface area contributed by atoms with E-state index in [-0.39, 0.29) is 0 Å². The zero-order chi connectivity index (χ0) is 13.5. The van der Waals surface area contributed by atoms with E-state index in [9.17, 15) is 13.2 Å². The van der Waals surface area contributed by atoms with Crippen LogP contribution in [-0.2, 0) is 13.2 Å². The molecule has 0 unspecified atom stereocenters. The third-order valence-electron chi connectivity index (χ3n) is 3.12. The van der Waals surface area contributed by atoms with Crippen molar-refractivity contribution in [1.29, 1.82) is 0 Å². The molecule has 0 fully saturated rings. The van der Waals surface area contributed by atoms with Crippen LogP contribution in [0.15, 0.2) is 24.3 Å². The summed E-state index contributed by atoms with van der Waals surface area (Å²) in [4.78, 5) is 0. The molecule has 96 valence electrons. The molecule has 0 spiro atoms. The molecule has 0 amide bonds. The summed E-state index contributed by atoms with van der Waals surface area (Å²) in [6.45, 7) is 3.84. The minimum Gasteiger partial charge on any atom is -0.272 e. The van der Waals surface area contributed by atoms with Crippen LogP contribution >= 0.6 is 0 Å². The van der Waals surface area contributed by atoms with E-state index in [1.165, 1.54) is 12.1 Å². The lowest BCUT2D eigenvalue weighted by molar-refractivity contribution is -0.137. The number of benzene rings is 1. The van der Waals surface area contributed by atoms with E-state index in [4.69, 9.17) is 0 Å². The van der Waals surface area contributed by atoms with Crippen molar-refractivity contribution in [3.63, 3.8) is 0 Å². The number of aromatic nitrogens is 2. The second-order valence-corrected chi connectivity index (χ2v) is 4.26. The first-order valence-corrected chi connectivity index (χ1v) is 5.48. The van der Waals surface area contributed by atoms with Gasteiger partial charge in [-0.15, -0.1) is 0 Å². The van der Waals surface area contributed by atoms with Gasteiger partial charge in [0.2, 0.25) is 0 Å². The molecule has 0 atom stereocenters. The molecule has 0 aliphatic rings. The maximum atomic E-state index is 12.4. The van der Waals surface area contributed by atoms with Gasteiger partial charge < -0.3 is 0 Å². The quantitative estimate of drug-likeness (QED) is 0.758. The van der Waals surface area contributed by atoms with Crippen molar-refractivity contribution in [2.45, 2.75) is 20.0 Å². The van der Waals surface area contributed by atoms with Crippen LogP contribution < -0.4 is 0 Å². The molecule has 0 bridgehead atoms. The Kier molecular flexibility index (Phi) is 2.92. The standard InChI is InChI=1S/C13H13F3N2/c1-8-9(2)18(3)17-12(8)10-4-6-11(7-5-10)13(14,15)16/h4-7H,1-3H3. The Bertz CT molecular complexity index is 565. The summed E-state index contributed by atoms with van der Waals surface area (Å²) in [6.07, 6.45) is -4.30. The van der Waals surface area contributed by atoms with Crippen LogP contribution in [0.1, 0.15) is 16.8 Å². The molecule has 2 aromatic rings. The molecule has 1 aromatic carbocycles. The lowest BCUT2D eigenvalue weighted by Gasteiger charge is -2.06. The van der Waals surface area contributed by atoms with Gasteiger partial charge in [0.25, 0.3) is 0 Å². The molecule has 0 saturated heterocycles. The smallest absolute Gasteiger partial charge is 0.272 e. The van der Waals surface area contributed by atoms with Crippen molar-refractivity contribution in [1.82, 2.24) is 9.78 Å². The molecule has 2 rings (SSSR count). The topological polar surface area (TPSA) is 17.8 Å².